The molecule has 126 valence electrons. The van der Waals surface area contributed by atoms with E-state index in [1.807, 2.05) is 0 Å². The summed E-state index contributed by atoms with van der Waals surface area (Å²) in [6.45, 7) is 1.29. The predicted molar refractivity (Wildman–Crippen MR) is 89.1 cm³/mol. The number of carbonyl (C=O) groups excluding carboxylic acids is 1. The van der Waals surface area contributed by atoms with E-state index < -0.39 is 11.5 Å². The summed E-state index contributed by atoms with van der Waals surface area (Å²) in [5.74, 6) is 0.163. The zero-order chi connectivity index (χ0) is 17.7. The van der Waals surface area contributed by atoms with Gasteiger partial charge >= 0.3 is 0 Å². The average Bonchev–Trinajstić information content (AvgIpc) is 2.56. The highest BCUT2D eigenvalue weighted by atomic mass is 32.1. The first-order chi connectivity index (χ1) is 11.4. The highest BCUT2D eigenvalue weighted by Gasteiger charge is 2.07. The van der Waals surface area contributed by atoms with Crippen LogP contribution in [-0.4, -0.2) is 40.7 Å². The fourth-order valence-corrected chi connectivity index (χ4v) is 1.91. The highest BCUT2D eigenvalue weighted by molar-refractivity contribution is 7.71. The molecule has 10 heteroatoms. The van der Waals surface area contributed by atoms with Crippen molar-refractivity contribution >= 4 is 24.3 Å². The van der Waals surface area contributed by atoms with Gasteiger partial charge in [0.15, 0.2) is 18.1 Å². The molecule has 0 bridgehead atoms. The van der Waals surface area contributed by atoms with Crippen molar-refractivity contribution < 1.29 is 14.3 Å². The Hall–Kier alpha value is -3.01. The number of methoxy groups -OCH3 is 1. The van der Waals surface area contributed by atoms with Crippen LogP contribution in [0.3, 0.4) is 0 Å². The lowest BCUT2D eigenvalue weighted by Gasteiger charge is -2.09. The van der Waals surface area contributed by atoms with Crippen LogP contribution in [-0.2, 0) is 4.79 Å². The normalized spacial score (nSPS) is 10.8. The fraction of sp³-hybridized carbons (Fsp3) is 0.214. The minimum absolute atomic E-state index is 0.0789. The number of nitrogens with two attached hydrogens (primary N) is 1. The Kier molecular flexibility index (Phi) is 5.42. The van der Waals surface area contributed by atoms with E-state index in [0.717, 1.165) is 4.68 Å². The number of hydrogen-bond acceptors (Lipinski definition) is 7. The first-order valence-electron chi connectivity index (χ1n) is 6.74. The van der Waals surface area contributed by atoms with Crippen molar-refractivity contribution in [1.29, 1.82) is 0 Å². The van der Waals surface area contributed by atoms with Gasteiger partial charge in [0.2, 0.25) is 4.77 Å². The molecular formula is C14H15N5O4S. The number of aromatic amines is 1. The zero-order valence-corrected chi connectivity index (χ0v) is 13.8. The van der Waals surface area contributed by atoms with Crippen molar-refractivity contribution in [2.75, 3.05) is 13.7 Å². The molecule has 1 aromatic carbocycles. The number of hydrogen-bond donors (Lipinski definition) is 2. The number of ether oxygens (including phenoxy) is 2. The monoisotopic (exact) mass is 349 g/mol. The maximum absolute atomic E-state index is 11.9. The molecule has 0 saturated heterocycles. The summed E-state index contributed by atoms with van der Waals surface area (Å²) in [4.78, 5) is 22.7. The van der Waals surface area contributed by atoms with E-state index in [0.29, 0.717) is 17.1 Å². The molecule has 0 saturated carbocycles. The summed E-state index contributed by atoms with van der Waals surface area (Å²) in [6, 6.07) is 4.91. The quantitative estimate of drug-likeness (QED) is 0.573. The smallest absolute Gasteiger partial charge is 0.296 e. The largest absolute Gasteiger partial charge is 0.493 e. The van der Waals surface area contributed by atoms with E-state index in [9.17, 15) is 9.59 Å². The molecule has 1 heterocycles. The molecule has 3 N–H and O–H groups in total. The van der Waals surface area contributed by atoms with Crippen molar-refractivity contribution in [1.82, 2.24) is 14.9 Å². The third kappa shape index (κ3) is 4.04. The Bertz CT molecular complexity index is 903. The molecule has 0 aliphatic carbocycles. The number of rotatable bonds is 6. The number of benzene rings is 1. The third-order valence-electron chi connectivity index (χ3n) is 2.89. The predicted octanol–water partition coefficient (Wildman–Crippen LogP) is 0.364. The van der Waals surface area contributed by atoms with Crippen LogP contribution < -0.4 is 20.8 Å². The second kappa shape index (κ2) is 7.51. The van der Waals surface area contributed by atoms with Crippen LogP contribution >= 0.6 is 12.2 Å². The second-order valence-corrected chi connectivity index (χ2v) is 5.03. The number of H-pyrrole nitrogens is 1. The van der Waals surface area contributed by atoms with Gasteiger partial charge in [-0.05, 0) is 42.9 Å². The molecule has 9 nitrogen and oxygen atoms in total. The lowest BCUT2D eigenvalue weighted by Crippen LogP contribution is -2.22. The van der Waals surface area contributed by atoms with Crippen LogP contribution in [0.1, 0.15) is 11.3 Å². The van der Waals surface area contributed by atoms with Gasteiger partial charge in [0.25, 0.3) is 11.5 Å². The van der Waals surface area contributed by atoms with Gasteiger partial charge in [0, 0.05) is 0 Å². The van der Waals surface area contributed by atoms with Crippen LogP contribution in [0.25, 0.3) is 0 Å². The molecule has 2 rings (SSSR count). The van der Waals surface area contributed by atoms with Crippen LogP contribution in [0.4, 0.5) is 0 Å². The summed E-state index contributed by atoms with van der Waals surface area (Å²) < 4.78 is 11.5. The molecule has 24 heavy (non-hydrogen) atoms. The molecule has 0 unspecified atom stereocenters. The number of nitrogens with zero attached hydrogens (tertiary/aromatic N) is 3. The summed E-state index contributed by atoms with van der Waals surface area (Å²) in [5, 5.41) is 10.3. The maximum atomic E-state index is 11.9. The summed E-state index contributed by atoms with van der Waals surface area (Å²) in [6.07, 6.45) is 1.44. The third-order valence-corrected chi connectivity index (χ3v) is 3.16. The van der Waals surface area contributed by atoms with Crippen molar-refractivity contribution in [2.24, 2.45) is 10.8 Å². The zero-order valence-electron chi connectivity index (χ0n) is 13.0. The van der Waals surface area contributed by atoms with Gasteiger partial charge in [-0.25, -0.2) is 0 Å². The second-order valence-electron chi connectivity index (χ2n) is 4.64. The number of aromatic nitrogens is 3. The van der Waals surface area contributed by atoms with Gasteiger partial charge < -0.3 is 15.2 Å². The van der Waals surface area contributed by atoms with Gasteiger partial charge in [0.05, 0.1) is 13.3 Å². The maximum Gasteiger partial charge on any atom is 0.296 e. The Morgan fingerprint density at radius 2 is 2.25 bits per heavy atom. The average molecular weight is 349 g/mol. The molecule has 0 spiro atoms. The Morgan fingerprint density at radius 1 is 1.50 bits per heavy atom. The minimum atomic E-state index is -0.593. The van der Waals surface area contributed by atoms with E-state index >= 15 is 0 Å². The number of carbonyl (C=O) groups is 1. The number of primary amides is 1. The van der Waals surface area contributed by atoms with Gasteiger partial charge in [-0.2, -0.15) is 14.9 Å². The topological polar surface area (TPSA) is 125 Å². The van der Waals surface area contributed by atoms with Gasteiger partial charge in [-0.3, -0.25) is 14.7 Å². The highest BCUT2D eigenvalue weighted by Crippen LogP contribution is 2.27. The molecule has 1 aromatic heterocycles. The SMILES string of the molecule is COc1cc(/C=N\n2c(=S)[nH]nc(C)c2=O)ccc1OCC(N)=O. The number of nitrogens with one attached hydrogen (secondary N) is 1. The minimum Gasteiger partial charge on any atom is -0.493 e. The van der Waals surface area contributed by atoms with E-state index in [2.05, 4.69) is 15.3 Å². The Labute approximate surface area is 141 Å². The van der Waals surface area contributed by atoms with Crippen LogP contribution in [0.2, 0.25) is 0 Å². The molecule has 0 radical (unpaired) electrons. The van der Waals surface area contributed by atoms with Crippen molar-refractivity contribution in [3.05, 3.63) is 44.6 Å². The molecule has 2 aromatic rings. The standard InChI is InChI=1S/C14H15N5O4S/c1-8-13(21)19(14(24)18-17-8)16-6-9-3-4-10(11(5-9)22-2)23-7-12(15)20/h3-6H,7H2,1-2H3,(H2,15,20)(H,18,24)/b16-6-. The van der Waals surface area contributed by atoms with Crippen LogP contribution in [0.5, 0.6) is 11.5 Å². The van der Waals surface area contributed by atoms with Crippen LogP contribution in [0.15, 0.2) is 28.1 Å². The lowest BCUT2D eigenvalue weighted by atomic mass is 10.2. The first-order valence-corrected chi connectivity index (χ1v) is 7.15. The molecule has 1 amide bonds. The van der Waals surface area contributed by atoms with E-state index in [4.69, 9.17) is 27.4 Å². The molecular weight excluding hydrogens is 334 g/mol. The number of amides is 1. The van der Waals surface area contributed by atoms with Crippen LogP contribution in [0, 0.1) is 11.7 Å². The van der Waals surface area contributed by atoms with Gasteiger partial charge in [-0.15, -0.1) is 0 Å². The molecule has 0 aliphatic rings. The van der Waals surface area contributed by atoms with Crippen molar-refractivity contribution in [2.45, 2.75) is 6.92 Å². The van der Waals surface area contributed by atoms with Gasteiger partial charge in [0.1, 0.15) is 5.69 Å². The molecule has 0 aliphatic heterocycles. The summed E-state index contributed by atoms with van der Waals surface area (Å²) in [5.41, 5.74) is 5.50. The van der Waals surface area contributed by atoms with Crippen molar-refractivity contribution in [3.63, 3.8) is 0 Å². The van der Waals surface area contributed by atoms with Crippen molar-refractivity contribution in [3.8, 4) is 11.5 Å². The van der Waals surface area contributed by atoms with E-state index in [1.165, 1.54) is 13.3 Å². The number of aryl methyl sites for hydroxylation is 1. The first kappa shape index (κ1) is 17.3. The van der Waals surface area contributed by atoms with Gasteiger partial charge in [-0.1, -0.05) is 0 Å². The fourth-order valence-electron chi connectivity index (χ4n) is 1.73. The summed E-state index contributed by atoms with van der Waals surface area (Å²) in [7, 11) is 1.46. The summed E-state index contributed by atoms with van der Waals surface area (Å²) >= 11 is 4.99. The molecule has 0 atom stereocenters. The Balaban J connectivity index is 2.31. The van der Waals surface area contributed by atoms with E-state index in [1.54, 1.807) is 25.1 Å². The Morgan fingerprint density at radius 3 is 2.92 bits per heavy atom. The molecule has 0 fully saturated rings. The van der Waals surface area contributed by atoms with E-state index in [-0.39, 0.29) is 17.1 Å². The lowest BCUT2D eigenvalue weighted by molar-refractivity contribution is -0.119.